The average Bonchev–Trinajstić information content (AvgIpc) is 2.38. The van der Waals surface area contributed by atoms with Gasteiger partial charge in [0.25, 0.3) is 0 Å². The van der Waals surface area contributed by atoms with E-state index in [1.165, 1.54) is 13.2 Å². The number of nitrogens with zero attached hydrogens (tertiary/aromatic N) is 1. The lowest BCUT2D eigenvalue weighted by atomic mass is 10.1. The van der Waals surface area contributed by atoms with E-state index in [0.29, 0.717) is 22.9 Å². The highest BCUT2D eigenvalue weighted by atomic mass is 35.5. The Labute approximate surface area is 104 Å². The molecule has 4 heteroatoms. The number of rotatable bonds is 3. The Morgan fingerprint density at radius 2 is 2.06 bits per heavy atom. The molecule has 1 aromatic carbocycles. The number of ether oxygens (including phenoxy) is 1. The molecule has 0 unspecified atom stereocenters. The van der Waals surface area contributed by atoms with Gasteiger partial charge in [-0.3, -0.25) is 0 Å². The van der Waals surface area contributed by atoms with Crippen molar-refractivity contribution in [3.63, 3.8) is 0 Å². The lowest BCUT2D eigenvalue weighted by Crippen LogP contribution is -1.95. The van der Waals surface area contributed by atoms with E-state index in [4.69, 9.17) is 16.3 Å². The Morgan fingerprint density at radius 3 is 2.71 bits per heavy atom. The van der Waals surface area contributed by atoms with Crippen molar-refractivity contribution < 1.29 is 9.13 Å². The molecule has 0 saturated heterocycles. The fraction of sp³-hybridized carbons (Fsp3) is 0.154. The highest BCUT2D eigenvalue weighted by Crippen LogP contribution is 2.30. The predicted molar refractivity (Wildman–Crippen MR) is 65.7 cm³/mol. The van der Waals surface area contributed by atoms with Crippen LogP contribution >= 0.6 is 11.6 Å². The van der Waals surface area contributed by atoms with Crippen LogP contribution < -0.4 is 4.74 Å². The van der Waals surface area contributed by atoms with E-state index in [0.717, 1.165) is 5.56 Å². The van der Waals surface area contributed by atoms with E-state index in [2.05, 4.69) is 4.98 Å². The van der Waals surface area contributed by atoms with Crippen molar-refractivity contribution in [3.05, 3.63) is 47.9 Å². The van der Waals surface area contributed by atoms with Crippen LogP contribution in [0.25, 0.3) is 11.1 Å². The van der Waals surface area contributed by atoms with Gasteiger partial charge >= 0.3 is 0 Å². The van der Waals surface area contributed by atoms with Gasteiger partial charge in [-0.1, -0.05) is 18.2 Å². The molecule has 0 atom stereocenters. The zero-order valence-corrected chi connectivity index (χ0v) is 10.0. The maximum atomic E-state index is 13.7. The molecule has 88 valence electrons. The number of halogens is 2. The Hall–Kier alpha value is -1.61. The molecule has 0 amide bonds. The minimum absolute atomic E-state index is 0.306. The third-order valence-electron chi connectivity index (χ3n) is 2.42. The van der Waals surface area contributed by atoms with Crippen molar-refractivity contribution in [1.82, 2.24) is 4.98 Å². The summed E-state index contributed by atoms with van der Waals surface area (Å²) in [7, 11) is 1.51. The molecule has 1 aromatic heterocycles. The van der Waals surface area contributed by atoms with Gasteiger partial charge < -0.3 is 4.74 Å². The quantitative estimate of drug-likeness (QED) is 0.777. The van der Waals surface area contributed by atoms with Gasteiger partial charge in [-0.05, 0) is 17.7 Å². The number of aromatic nitrogens is 1. The fourth-order valence-corrected chi connectivity index (χ4v) is 1.75. The monoisotopic (exact) mass is 251 g/mol. The van der Waals surface area contributed by atoms with E-state index in [1.54, 1.807) is 30.5 Å². The number of hydrogen-bond acceptors (Lipinski definition) is 2. The van der Waals surface area contributed by atoms with Crippen LogP contribution in [0.4, 0.5) is 4.39 Å². The molecule has 0 aliphatic heterocycles. The van der Waals surface area contributed by atoms with E-state index >= 15 is 0 Å². The van der Waals surface area contributed by atoms with Gasteiger partial charge in [0.2, 0.25) is 5.88 Å². The molecule has 0 aliphatic carbocycles. The van der Waals surface area contributed by atoms with Gasteiger partial charge in [0, 0.05) is 23.2 Å². The molecule has 0 fully saturated rings. The standard InChI is InChI=1S/C13H11ClFNO/c1-17-13-11(6-9(7-14)8-16-13)10-4-2-3-5-12(10)15/h2-6,8H,7H2,1H3. The maximum absolute atomic E-state index is 13.7. The first kappa shape index (κ1) is 11.9. The molecular formula is C13H11ClFNO. The Bertz CT molecular complexity index is 531. The molecule has 2 nitrogen and oxygen atoms in total. The lowest BCUT2D eigenvalue weighted by Gasteiger charge is -2.09. The molecule has 1 heterocycles. The summed E-state index contributed by atoms with van der Waals surface area (Å²) in [5.74, 6) is 0.418. The van der Waals surface area contributed by atoms with E-state index in [-0.39, 0.29) is 5.82 Å². The lowest BCUT2D eigenvalue weighted by molar-refractivity contribution is 0.399. The van der Waals surface area contributed by atoms with Crippen LogP contribution in [0.15, 0.2) is 36.5 Å². The number of benzene rings is 1. The van der Waals surface area contributed by atoms with Crippen molar-refractivity contribution in [2.75, 3.05) is 7.11 Å². The third kappa shape index (κ3) is 2.39. The molecule has 2 aromatic rings. The van der Waals surface area contributed by atoms with Gasteiger partial charge in [-0.15, -0.1) is 11.6 Å². The van der Waals surface area contributed by atoms with Crippen LogP contribution in [-0.4, -0.2) is 12.1 Å². The second kappa shape index (κ2) is 5.15. The van der Waals surface area contributed by atoms with Gasteiger partial charge in [-0.2, -0.15) is 0 Å². The Balaban J connectivity index is 2.60. The zero-order valence-electron chi connectivity index (χ0n) is 9.28. The van der Waals surface area contributed by atoms with E-state index < -0.39 is 0 Å². The summed E-state index contributed by atoms with van der Waals surface area (Å²) in [6.07, 6.45) is 1.62. The van der Waals surface area contributed by atoms with Crippen LogP contribution in [0.2, 0.25) is 0 Å². The second-order valence-electron chi connectivity index (χ2n) is 3.51. The molecular weight excluding hydrogens is 241 g/mol. The first-order chi connectivity index (χ1) is 8.26. The number of hydrogen-bond donors (Lipinski definition) is 0. The third-order valence-corrected chi connectivity index (χ3v) is 2.73. The van der Waals surface area contributed by atoms with Crippen molar-refractivity contribution in [1.29, 1.82) is 0 Å². The van der Waals surface area contributed by atoms with Crippen molar-refractivity contribution in [2.45, 2.75) is 5.88 Å². The summed E-state index contributed by atoms with van der Waals surface area (Å²) in [5.41, 5.74) is 1.90. The molecule has 17 heavy (non-hydrogen) atoms. The summed E-state index contributed by atoms with van der Waals surface area (Å²) in [5, 5.41) is 0. The Kier molecular flexibility index (Phi) is 3.59. The smallest absolute Gasteiger partial charge is 0.221 e. The number of alkyl halides is 1. The Morgan fingerprint density at radius 1 is 1.29 bits per heavy atom. The van der Waals surface area contributed by atoms with Crippen LogP contribution in [0, 0.1) is 5.82 Å². The normalized spacial score (nSPS) is 10.3. The first-order valence-electron chi connectivity index (χ1n) is 5.10. The molecule has 0 bridgehead atoms. The SMILES string of the molecule is COc1ncc(CCl)cc1-c1ccccc1F. The fourth-order valence-electron chi connectivity index (χ4n) is 1.60. The van der Waals surface area contributed by atoms with E-state index in [1.807, 2.05) is 0 Å². The van der Waals surface area contributed by atoms with Crippen LogP contribution in [0.1, 0.15) is 5.56 Å². The summed E-state index contributed by atoms with van der Waals surface area (Å²) >= 11 is 5.75. The van der Waals surface area contributed by atoms with Gasteiger partial charge in [0.15, 0.2) is 0 Å². The highest BCUT2D eigenvalue weighted by Gasteiger charge is 2.11. The largest absolute Gasteiger partial charge is 0.481 e. The second-order valence-corrected chi connectivity index (χ2v) is 3.78. The molecule has 0 radical (unpaired) electrons. The molecule has 0 aliphatic rings. The number of methoxy groups -OCH3 is 1. The summed E-state index contributed by atoms with van der Waals surface area (Å²) in [6.45, 7) is 0. The van der Waals surface area contributed by atoms with Crippen LogP contribution in [0.3, 0.4) is 0 Å². The molecule has 0 saturated carbocycles. The van der Waals surface area contributed by atoms with Crippen LogP contribution in [0.5, 0.6) is 5.88 Å². The molecule has 0 N–H and O–H groups in total. The van der Waals surface area contributed by atoms with Crippen LogP contribution in [-0.2, 0) is 5.88 Å². The van der Waals surface area contributed by atoms with Crippen molar-refractivity contribution in [2.24, 2.45) is 0 Å². The van der Waals surface area contributed by atoms with Gasteiger partial charge in [0.05, 0.1) is 7.11 Å². The molecule has 0 spiro atoms. The maximum Gasteiger partial charge on any atom is 0.221 e. The summed E-state index contributed by atoms with van der Waals surface area (Å²) in [6, 6.07) is 8.29. The molecule has 2 rings (SSSR count). The van der Waals surface area contributed by atoms with Crippen molar-refractivity contribution in [3.8, 4) is 17.0 Å². The first-order valence-corrected chi connectivity index (χ1v) is 5.63. The summed E-state index contributed by atoms with van der Waals surface area (Å²) in [4.78, 5) is 4.11. The average molecular weight is 252 g/mol. The topological polar surface area (TPSA) is 22.1 Å². The minimum atomic E-state index is -0.306. The van der Waals surface area contributed by atoms with Gasteiger partial charge in [0.1, 0.15) is 5.82 Å². The van der Waals surface area contributed by atoms with Crippen molar-refractivity contribution >= 4 is 11.6 Å². The van der Waals surface area contributed by atoms with E-state index in [9.17, 15) is 4.39 Å². The predicted octanol–water partition coefficient (Wildman–Crippen LogP) is 3.64. The minimum Gasteiger partial charge on any atom is -0.481 e. The number of pyridine rings is 1. The van der Waals surface area contributed by atoms with Gasteiger partial charge in [-0.25, -0.2) is 9.37 Å². The zero-order chi connectivity index (χ0) is 12.3. The summed E-state index contributed by atoms with van der Waals surface area (Å²) < 4.78 is 18.8. The highest BCUT2D eigenvalue weighted by molar-refractivity contribution is 6.17.